The van der Waals surface area contributed by atoms with Crippen LogP contribution in [0, 0.1) is 0 Å². The van der Waals surface area contributed by atoms with Crippen LogP contribution in [0.5, 0.6) is 0 Å². The molecule has 0 N–H and O–H groups in total. The lowest BCUT2D eigenvalue weighted by molar-refractivity contribution is -0.167. The third-order valence-corrected chi connectivity index (χ3v) is 12.6. The van der Waals surface area contributed by atoms with Crippen molar-refractivity contribution in [1.29, 1.82) is 0 Å². The molecule has 0 spiro atoms. The number of ether oxygens (including phenoxy) is 3. The zero-order chi connectivity index (χ0) is 48.6. The van der Waals surface area contributed by atoms with Crippen molar-refractivity contribution in [2.45, 2.75) is 297 Å². The van der Waals surface area contributed by atoms with Crippen LogP contribution in [0.25, 0.3) is 0 Å². The van der Waals surface area contributed by atoms with Crippen LogP contribution in [-0.4, -0.2) is 37.2 Å². The molecular formula is C61H108O6. The average Bonchev–Trinajstić information content (AvgIpc) is 3.33. The molecule has 0 radical (unpaired) electrons. The molecule has 1 atom stereocenters. The lowest BCUT2D eigenvalue weighted by atomic mass is 10.0. The van der Waals surface area contributed by atoms with E-state index < -0.39 is 6.10 Å². The molecule has 6 heteroatoms. The Labute approximate surface area is 415 Å². The van der Waals surface area contributed by atoms with Gasteiger partial charge in [-0.25, -0.2) is 0 Å². The van der Waals surface area contributed by atoms with E-state index in [0.717, 1.165) is 96.3 Å². The number of esters is 3. The van der Waals surface area contributed by atoms with Crippen molar-refractivity contribution in [3.8, 4) is 0 Å². The number of carbonyl (C=O) groups excluding carboxylic acids is 3. The fourth-order valence-corrected chi connectivity index (χ4v) is 8.20. The Bertz CT molecular complexity index is 1210. The third-order valence-electron chi connectivity index (χ3n) is 12.6. The van der Waals surface area contributed by atoms with Crippen molar-refractivity contribution >= 4 is 17.9 Å². The molecular weight excluding hydrogens is 829 g/mol. The Balaban J connectivity index is 4.43. The van der Waals surface area contributed by atoms with Gasteiger partial charge in [0.15, 0.2) is 6.10 Å². The quantitative estimate of drug-likeness (QED) is 0.0262. The first-order valence-electron chi connectivity index (χ1n) is 28.8. The highest BCUT2D eigenvalue weighted by molar-refractivity contribution is 5.71. The Morgan fingerprint density at radius 2 is 0.537 bits per heavy atom. The molecule has 0 aromatic heterocycles. The number of rotatable bonds is 52. The highest BCUT2D eigenvalue weighted by Crippen LogP contribution is 2.15. The second-order valence-electron chi connectivity index (χ2n) is 19.3. The Morgan fingerprint density at radius 3 is 0.836 bits per heavy atom. The van der Waals surface area contributed by atoms with Crippen molar-refractivity contribution < 1.29 is 28.6 Å². The van der Waals surface area contributed by atoms with E-state index in [0.29, 0.717) is 19.3 Å². The minimum Gasteiger partial charge on any atom is -0.462 e. The summed E-state index contributed by atoms with van der Waals surface area (Å²) in [7, 11) is 0. The zero-order valence-electron chi connectivity index (χ0n) is 44.4. The van der Waals surface area contributed by atoms with Gasteiger partial charge >= 0.3 is 17.9 Å². The minimum absolute atomic E-state index is 0.0851. The standard InChI is InChI=1S/C61H108O6/c1-4-7-10-13-16-19-22-25-27-29-31-33-36-39-42-45-48-51-54-60(63)66-57-58(56-65-59(62)53-50-47-44-41-38-35-24-21-18-15-12-9-6-3)67-61(64)55-52-49-46-43-40-37-34-32-30-28-26-23-20-17-14-11-8-5-2/h22,25,27-34,58H,4-21,23-24,26,35-57H2,1-3H3/b25-22-,29-27-,30-28-,33-31-,34-32-. The molecule has 1 unspecified atom stereocenters. The predicted molar refractivity (Wildman–Crippen MR) is 288 cm³/mol. The summed E-state index contributed by atoms with van der Waals surface area (Å²) in [4.78, 5) is 38.1. The van der Waals surface area contributed by atoms with Crippen LogP contribution >= 0.6 is 0 Å². The number of carbonyl (C=O) groups is 3. The van der Waals surface area contributed by atoms with E-state index in [1.165, 1.54) is 154 Å². The van der Waals surface area contributed by atoms with Gasteiger partial charge in [-0.15, -0.1) is 0 Å². The Morgan fingerprint density at radius 1 is 0.299 bits per heavy atom. The Hall–Kier alpha value is -2.89. The molecule has 0 aliphatic heterocycles. The van der Waals surface area contributed by atoms with Crippen LogP contribution in [0.1, 0.15) is 290 Å². The summed E-state index contributed by atoms with van der Waals surface area (Å²) in [6.07, 6.45) is 69.2. The maximum Gasteiger partial charge on any atom is 0.306 e. The van der Waals surface area contributed by atoms with E-state index in [4.69, 9.17) is 14.2 Å². The molecule has 0 amide bonds. The fourth-order valence-electron chi connectivity index (χ4n) is 8.20. The first-order chi connectivity index (χ1) is 33.0. The van der Waals surface area contributed by atoms with Crippen molar-refractivity contribution in [3.05, 3.63) is 60.8 Å². The van der Waals surface area contributed by atoms with E-state index >= 15 is 0 Å². The SMILES string of the molecule is CCCCCCC\C=C/C=C\C=C/CCCCCCCC(=O)OCC(COC(=O)CCCCCCCCCCCCCCC)OC(=O)CCCCCCC/C=C\C=C/CCCCCCCCC. The van der Waals surface area contributed by atoms with E-state index in [1.54, 1.807) is 0 Å². The second kappa shape index (κ2) is 55.7. The van der Waals surface area contributed by atoms with Gasteiger partial charge in [0.1, 0.15) is 13.2 Å². The molecule has 0 fully saturated rings. The summed E-state index contributed by atoms with van der Waals surface area (Å²) >= 11 is 0. The monoisotopic (exact) mass is 937 g/mol. The average molecular weight is 938 g/mol. The van der Waals surface area contributed by atoms with Gasteiger partial charge in [-0.3, -0.25) is 14.4 Å². The smallest absolute Gasteiger partial charge is 0.306 e. The lowest BCUT2D eigenvalue weighted by Gasteiger charge is -2.18. The summed E-state index contributed by atoms with van der Waals surface area (Å²) in [6.45, 7) is 6.61. The molecule has 0 saturated carbocycles. The van der Waals surface area contributed by atoms with Crippen molar-refractivity contribution in [2.75, 3.05) is 13.2 Å². The van der Waals surface area contributed by atoms with E-state index in [2.05, 4.69) is 81.5 Å². The summed E-state index contributed by atoms with van der Waals surface area (Å²) in [5.41, 5.74) is 0. The van der Waals surface area contributed by atoms with Crippen molar-refractivity contribution in [2.24, 2.45) is 0 Å². The molecule has 0 aliphatic rings. The highest BCUT2D eigenvalue weighted by Gasteiger charge is 2.19. The van der Waals surface area contributed by atoms with Gasteiger partial charge in [0.2, 0.25) is 0 Å². The van der Waals surface area contributed by atoms with Crippen molar-refractivity contribution in [1.82, 2.24) is 0 Å². The molecule has 0 aromatic rings. The van der Waals surface area contributed by atoms with E-state index in [1.807, 2.05) is 0 Å². The first kappa shape index (κ1) is 64.1. The molecule has 6 nitrogen and oxygen atoms in total. The van der Waals surface area contributed by atoms with Crippen LogP contribution < -0.4 is 0 Å². The first-order valence-corrected chi connectivity index (χ1v) is 28.8. The van der Waals surface area contributed by atoms with Crippen LogP contribution in [-0.2, 0) is 28.6 Å². The maximum atomic E-state index is 12.8. The van der Waals surface area contributed by atoms with Crippen LogP contribution in [0.3, 0.4) is 0 Å². The Kier molecular flexibility index (Phi) is 53.3. The summed E-state index contributed by atoms with van der Waals surface area (Å²) in [5.74, 6) is -0.910. The second-order valence-corrected chi connectivity index (χ2v) is 19.3. The van der Waals surface area contributed by atoms with Gasteiger partial charge in [0.05, 0.1) is 0 Å². The highest BCUT2D eigenvalue weighted by atomic mass is 16.6. The van der Waals surface area contributed by atoms with Crippen LogP contribution in [0.15, 0.2) is 60.8 Å². The normalized spacial score (nSPS) is 12.5. The van der Waals surface area contributed by atoms with Crippen molar-refractivity contribution in [3.63, 3.8) is 0 Å². The lowest BCUT2D eigenvalue weighted by Crippen LogP contribution is -2.30. The molecule has 0 aliphatic carbocycles. The molecule has 0 rings (SSSR count). The van der Waals surface area contributed by atoms with E-state index in [-0.39, 0.29) is 31.1 Å². The number of allylic oxidation sites excluding steroid dienone is 10. The predicted octanol–water partition coefficient (Wildman–Crippen LogP) is 19.2. The maximum absolute atomic E-state index is 12.8. The minimum atomic E-state index is -0.789. The summed E-state index contributed by atoms with van der Waals surface area (Å²) < 4.78 is 16.8. The van der Waals surface area contributed by atoms with Gasteiger partial charge in [-0.2, -0.15) is 0 Å². The molecule has 0 bridgehead atoms. The van der Waals surface area contributed by atoms with Gasteiger partial charge in [0, 0.05) is 19.3 Å². The van der Waals surface area contributed by atoms with E-state index in [9.17, 15) is 14.4 Å². The zero-order valence-corrected chi connectivity index (χ0v) is 44.4. The van der Waals surface area contributed by atoms with Gasteiger partial charge in [-0.05, 0) is 70.6 Å². The topological polar surface area (TPSA) is 78.9 Å². The third kappa shape index (κ3) is 53.9. The molecule has 388 valence electrons. The number of hydrogen-bond donors (Lipinski definition) is 0. The molecule has 0 aromatic carbocycles. The number of unbranched alkanes of at least 4 members (excludes halogenated alkanes) is 34. The van der Waals surface area contributed by atoms with Gasteiger partial charge < -0.3 is 14.2 Å². The van der Waals surface area contributed by atoms with Crippen LogP contribution in [0.4, 0.5) is 0 Å². The molecule has 67 heavy (non-hydrogen) atoms. The summed E-state index contributed by atoms with van der Waals surface area (Å²) in [6, 6.07) is 0. The van der Waals surface area contributed by atoms with Gasteiger partial charge in [0.25, 0.3) is 0 Å². The van der Waals surface area contributed by atoms with Gasteiger partial charge in [-0.1, -0.05) is 261 Å². The largest absolute Gasteiger partial charge is 0.462 e. The number of hydrogen-bond acceptors (Lipinski definition) is 6. The van der Waals surface area contributed by atoms with Crippen LogP contribution in [0.2, 0.25) is 0 Å². The molecule has 0 heterocycles. The molecule has 0 saturated heterocycles. The summed E-state index contributed by atoms with van der Waals surface area (Å²) in [5, 5.41) is 0. The fraction of sp³-hybridized carbons (Fsp3) is 0.787.